The van der Waals surface area contributed by atoms with Gasteiger partial charge in [0.1, 0.15) is 17.2 Å². The summed E-state index contributed by atoms with van der Waals surface area (Å²) in [5, 5.41) is 3.46. The fraction of sp³-hybridized carbons (Fsp3) is 0.139. The Morgan fingerprint density at radius 2 is 1.60 bits per heavy atom. The molecule has 0 atom stereocenters. The van der Waals surface area contributed by atoms with Gasteiger partial charge in [0.2, 0.25) is 0 Å². The van der Waals surface area contributed by atoms with Crippen LogP contribution in [0.2, 0.25) is 0 Å². The molecule has 7 nitrogen and oxygen atoms in total. The molecule has 4 aromatic carbocycles. The van der Waals surface area contributed by atoms with Crippen LogP contribution in [0, 0.1) is 0 Å². The Bertz CT molecular complexity index is 1810. The van der Waals surface area contributed by atoms with Crippen LogP contribution in [0.25, 0.3) is 22.6 Å². The number of allylic oxidation sites excluding steroid dienone is 1. The number of amides is 1. The van der Waals surface area contributed by atoms with Crippen molar-refractivity contribution in [3.05, 3.63) is 126 Å². The lowest BCUT2D eigenvalue weighted by Crippen LogP contribution is -2.21. The SMILES string of the molecule is CCOc1ccc(NC(=O)COC(=O)c2c3c(nc4ccccc24)/C(=C/c2cccc(Oc4ccccc4)c2)CC3)cc1. The highest BCUT2D eigenvalue weighted by molar-refractivity contribution is 6.08. The molecule has 5 aromatic rings. The number of aromatic nitrogens is 1. The molecule has 0 spiro atoms. The number of benzene rings is 4. The van der Waals surface area contributed by atoms with E-state index in [-0.39, 0.29) is 0 Å². The van der Waals surface area contributed by atoms with Crippen LogP contribution in [0.1, 0.15) is 40.5 Å². The molecule has 0 fully saturated rings. The predicted octanol–water partition coefficient (Wildman–Crippen LogP) is 7.71. The standard InChI is InChI=1S/C36H30N2O5/c1-2-41-27-18-16-26(17-19-27)37-33(39)23-42-36(40)34-30-13-6-7-14-32(30)38-35-25(15-20-31(34)35)21-24-9-8-12-29(22-24)43-28-10-4-3-5-11-28/h3-14,16-19,21-22H,2,15,20,23H2,1H3,(H,37,39)/b25-21+. The summed E-state index contributed by atoms with van der Waals surface area (Å²) < 4.78 is 17.0. The number of nitrogens with one attached hydrogen (secondary N) is 1. The molecular weight excluding hydrogens is 540 g/mol. The van der Waals surface area contributed by atoms with Gasteiger partial charge in [-0.25, -0.2) is 9.78 Å². The summed E-state index contributed by atoms with van der Waals surface area (Å²) in [5.41, 5.74) is 5.35. The maximum absolute atomic E-state index is 13.5. The lowest BCUT2D eigenvalue weighted by atomic mass is 10.0. The van der Waals surface area contributed by atoms with Gasteiger partial charge in [-0.3, -0.25) is 4.79 Å². The number of nitrogens with zero attached hydrogens (tertiary/aromatic N) is 1. The number of ether oxygens (including phenoxy) is 3. The van der Waals surface area contributed by atoms with E-state index in [2.05, 4.69) is 11.4 Å². The molecule has 214 valence electrons. The summed E-state index contributed by atoms with van der Waals surface area (Å²) in [6.45, 7) is 2.06. The summed E-state index contributed by atoms with van der Waals surface area (Å²) in [6.07, 6.45) is 3.45. The van der Waals surface area contributed by atoms with Crippen LogP contribution >= 0.6 is 0 Å². The molecule has 0 bridgehead atoms. The number of carbonyl (C=O) groups excluding carboxylic acids is 2. The summed E-state index contributed by atoms with van der Waals surface area (Å²) in [5.74, 6) is 1.25. The number of anilines is 1. The zero-order valence-electron chi connectivity index (χ0n) is 23.7. The number of fused-ring (bicyclic) bond motifs is 2. The molecule has 43 heavy (non-hydrogen) atoms. The minimum absolute atomic E-state index is 0.408. The quantitative estimate of drug-likeness (QED) is 0.183. The molecule has 1 aliphatic carbocycles. The van der Waals surface area contributed by atoms with E-state index in [1.165, 1.54) is 0 Å². The van der Waals surface area contributed by atoms with Gasteiger partial charge in [-0.2, -0.15) is 0 Å². The predicted molar refractivity (Wildman–Crippen MR) is 167 cm³/mol. The molecule has 0 aliphatic heterocycles. The third-order valence-corrected chi connectivity index (χ3v) is 7.11. The van der Waals surface area contributed by atoms with E-state index in [1.807, 2.05) is 85.8 Å². The number of rotatable bonds is 9. The van der Waals surface area contributed by atoms with Crippen LogP contribution in [-0.4, -0.2) is 30.1 Å². The van der Waals surface area contributed by atoms with Crippen LogP contribution in [0.5, 0.6) is 17.2 Å². The monoisotopic (exact) mass is 570 g/mol. The number of para-hydroxylation sites is 2. The first-order valence-corrected chi connectivity index (χ1v) is 14.2. The first-order valence-electron chi connectivity index (χ1n) is 14.2. The molecule has 6 rings (SSSR count). The van der Waals surface area contributed by atoms with Crippen LogP contribution in [0.15, 0.2) is 103 Å². The number of hydrogen-bond acceptors (Lipinski definition) is 6. The highest BCUT2D eigenvalue weighted by atomic mass is 16.5. The average molecular weight is 571 g/mol. The van der Waals surface area contributed by atoms with E-state index < -0.39 is 18.5 Å². The maximum Gasteiger partial charge on any atom is 0.339 e. The van der Waals surface area contributed by atoms with Gasteiger partial charge >= 0.3 is 5.97 Å². The van der Waals surface area contributed by atoms with Crippen molar-refractivity contribution in [3.8, 4) is 17.2 Å². The van der Waals surface area contributed by atoms with E-state index in [0.717, 1.165) is 40.3 Å². The van der Waals surface area contributed by atoms with Gasteiger partial charge in [0, 0.05) is 11.1 Å². The van der Waals surface area contributed by atoms with Gasteiger partial charge in [-0.15, -0.1) is 0 Å². The molecule has 1 aromatic heterocycles. The number of pyridine rings is 1. The second kappa shape index (κ2) is 12.6. The van der Waals surface area contributed by atoms with Crippen molar-refractivity contribution < 1.29 is 23.8 Å². The van der Waals surface area contributed by atoms with Crippen molar-refractivity contribution in [2.24, 2.45) is 0 Å². The Morgan fingerprint density at radius 1 is 0.837 bits per heavy atom. The second-order valence-corrected chi connectivity index (χ2v) is 10.1. The van der Waals surface area contributed by atoms with Crippen LogP contribution < -0.4 is 14.8 Å². The van der Waals surface area contributed by atoms with Gasteiger partial charge in [0.05, 0.1) is 23.4 Å². The lowest BCUT2D eigenvalue weighted by Gasteiger charge is -2.13. The van der Waals surface area contributed by atoms with E-state index in [0.29, 0.717) is 40.9 Å². The molecule has 0 radical (unpaired) electrons. The Labute approximate surface area is 249 Å². The molecular formula is C36H30N2O5. The van der Waals surface area contributed by atoms with Crippen molar-refractivity contribution in [2.45, 2.75) is 19.8 Å². The highest BCUT2D eigenvalue weighted by Crippen LogP contribution is 2.38. The molecule has 1 amide bonds. The molecule has 1 heterocycles. The number of hydrogen-bond donors (Lipinski definition) is 1. The van der Waals surface area contributed by atoms with Crippen molar-refractivity contribution >= 4 is 40.1 Å². The summed E-state index contributed by atoms with van der Waals surface area (Å²) in [6, 6.07) is 32.1. The Morgan fingerprint density at radius 3 is 2.42 bits per heavy atom. The van der Waals surface area contributed by atoms with Gasteiger partial charge < -0.3 is 19.5 Å². The van der Waals surface area contributed by atoms with Crippen molar-refractivity contribution in [1.82, 2.24) is 4.98 Å². The fourth-order valence-electron chi connectivity index (χ4n) is 5.21. The first kappa shape index (κ1) is 27.7. The Hall–Kier alpha value is -5.43. The Balaban J connectivity index is 1.22. The minimum Gasteiger partial charge on any atom is -0.494 e. The van der Waals surface area contributed by atoms with E-state index in [4.69, 9.17) is 19.2 Å². The van der Waals surface area contributed by atoms with E-state index >= 15 is 0 Å². The van der Waals surface area contributed by atoms with E-state index in [1.54, 1.807) is 24.3 Å². The van der Waals surface area contributed by atoms with Crippen molar-refractivity contribution in [3.63, 3.8) is 0 Å². The summed E-state index contributed by atoms with van der Waals surface area (Å²) in [4.78, 5) is 31.0. The molecule has 0 unspecified atom stereocenters. The maximum atomic E-state index is 13.5. The summed E-state index contributed by atoms with van der Waals surface area (Å²) in [7, 11) is 0. The highest BCUT2D eigenvalue weighted by Gasteiger charge is 2.28. The first-order chi connectivity index (χ1) is 21.1. The topological polar surface area (TPSA) is 86.8 Å². The second-order valence-electron chi connectivity index (χ2n) is 10.1. The van der Waals surface area contributed by atoms with Crippen molar-refractivity contribution in [1.29, 1.82) is 0 Å². The van der Waals surface area contributed by atoms with Gasteiger partial charge in [-0.1, -0.05) is 48.5 Å². The fourth-order valence-corrected chi connectivity index (χ4v) is 5.21. The molecule has 0 saturated carbocycles. The van der Waals surface area contributed by atoms with Crippen LogP contribution in [0.4, 0.5) is 5.69 Å². The van der Waals surface area contributed by atoms with E-state index in [9.17, 15) is 9.59 Å². The zero-order valence-corrected chi connectivity index (χ0v) is 23.7. The van der Waals surface area contributed by atoms with Crippen LogP contribution in [-0.2, 0) is 16.0 Å². The third kappa shape index (κ3) is 6.41. The lowest BCUT2D eigenvalue weighted by molar-refractivity contribution is -0.119. The molecule has 7 heteroatoms. The Kier molecular flexibility index (Phi) is 8.13. The molecule has 1 N–H and O–H groups in total. The van der Waals surface area contributed by atoms with Gasteiger partial charge in [0.25, 0.3) is 5.91 Å². The normalized spacial score (nSPS) is 13.0. The smallest absolute Gasteiger partial charge is 0.339 e. The number of esters is 1. The molecule has 0 saturated heterocycles. The van der Waals surface area contributed by atoms with Gasteiger partial charge in [-0.05, 0) is 97.1 Å². The minimum atomic E-state index is -0.545. The number of carbonyl (C=O) groups is 2. The largest absolute Gasteiger partial charge is 0.494 e. The summed E-state index contributed by atoms with van der Waals surface area (Å²) >= 11 is 0. The molecule has 1 aliphatic rings. The zero-order chi connectivity index (χ0) is 29.6. The average Bonchev–Trinajstić information content (AvgIpc) is 3.42. The van der Waals surface area contributed by atoms with Gasteiger partial charge in [0.15, 0.2) is 6.61 Å². The third-order valence-electron chi connectivity index (χ3n) is 7.11. The van der Waals surface area contributed by atoms with Crippen LogP contribution in [0.3, 0.4) is 0 Å². The van der Waals surface area contributed by atoms with Crippen molar-refractivity contribution in [2.75, 3.05) is 18.5 Å².